The maximum Gasteiger partial charge on any atom is 0.278 e. The summed E-state index contributed by atoms with van der Waals surface area (Å²) in [6.45, 7) is 1.81. The zero-order chi connectivity index (χ0) is 19.5. The molecule has 0 bridgehead atoms. The van der Waals surface area contributed by atoms with Gasteiger partial charge in [-0.1, -0.05) is 42.5 Å². The summed E-state index contributed by atoms with van der Waals surface area (Å²) in [6, 6.07) is 18.2. The molecule has 28 heavy (non-hydrogen) atoms. The Kier molecular flexibility index (Phi) is 5.23. The standard InChI is InChI=1S/C22H24N4O2/c1-25-17(15-23-11-13-27)14-20(24-25)22(28)26-12-10-19-18(8-5-9-21(19)26)16-6-3-2-4-7-16/h2-9,14,23,27H,10-13,15H2,1H3. The molecule has 6 nitrogen and oxygen atoms in total. The predicted octanol–water partition coefficient (Wildman–Crippen LogP) is 2.37. The quantitative estimate of drug-likeness (QED) is 0.648. The van der Waals surface area contributed by atoms with Gasteiger partial charge < -0.3 is 15.3 Å². The molecule has 0 fully saturated rings. The van der Waals surface area contributed by atoms with E-state index < -0.39 is 0 Å². The lowest BCUT2D eigenvalue weighted by Crippen LogP contribution is -2.29. The molecule has 144 valence electrons. The highest BCUT2D eigenvalue weighted by Crippen LogP contribution is 2.36. The Labute approximate surface area is 164 Å². The van der Waals surface area contributed by atoms with Gasteiger partial charge in [-0.3, -0.25) is 9.48 Å². The second-order valence-corrected chi connectivity index (χ2v) is 6.92. The van der Waals surface area contributed by atoms with E-state index in [1.807, 2.05) is 48.3 Å². The van der Waals surface area contributed by atoms with Crippen molar-refractivity contribution in [2.45, 2.75) is 13.0 Å². The summed E-state index contributed by atoms with van der Waals surface area (Å²) in [5, 5.41) is 16.4. The molecule has 4 rings (SSSR count). The number of aliphatic hydroxyl groups is 1. The number of nitrogens with one attached hydrogen (secondary N) is 1. The highest BCUT2D eigenvalue weighted by atomic mass is 16.3. The lowest BCUT2D eigenvalue weighted by Gasteiger charge is -2.16. The maximum absolute atomic E-state index is 13.1. The molecule has 6 heteroatoms. The molecule has 0 radical (unpaired) electrons. The number of hydrogen-bond donors (Lipinski definition) is 2. The molecular weight excluding hydrogens is 352 g/mol. The highest BCUT2D eigenvalue weighted by molar-refractivity contribution is 6.06. The third-order valence-electron chi connectivity index (χ3n) is 5.15. The second-order valence-electron chi connectivity index (χ2n) is 6.92. The van der Waals surface area contributed by atoms with Crippen LogP contribution in [0.2, 0.25) is 0 Å². The van der Waals surface area contributed by atoms with Gasteiger partial charge in [-0.05, 0) is 35.2 Å². The normalized spacial score (nSPS) is 13.0. The molecule has 0 atom stereocenters. The van der Waals surface area contributed by atoms with E-state index in [9.17, 15) is 4.79 Å². The molecule has 0 aliphatic carbocycles. The molecule has 1 aromatic heterocycles. The van der Waals surface area contributed by atoms with Crippen LogP contribution in [0.15, 0.2) is 54.6 Å². The van der Waals surface area contributed by atoms with Gasteiger partial charge in [-0.15, -0.1) is 0 Å². The lowest BCUT2D eigenvalue weighted by molar-refractivity contribution is 0.0984. The zero-order valence-corrected chi connectivity index (χ0v) is 15.9. The molecular formula is C22H24N4O2. The van der Waals surface area contributed by atoms with E-state index >= 15 is 0 Å². The van der Waals surface area contributed by atoms with Gasteiger partial charge in [-0.25, -0.2) is 0 Å². The lowest BCUT2D eigenvalue weighted by atomic mass is 9.98. The third kappa shape index (κ3) is 3.44. The summed E-state index contributed by atoms with van der Waals surface area (Å²) < 4.78 is 1.72. The Morgan fingerprint density at radius 1 is 1.18 bits per heavy atom. The molecule has 2 heterocycles. The van der Waals surface area contributed by atoms with Crippen LogP contribution in [-0.4, -0.2) is 40.5 Å². The van der Waals surface area contributed by atoms with Crippen LogP contribution < -0.4 is 10.2 Å². The number of aliphatic hydroxyl groups excluding tert-OH is 1. The number of carbonyl (C=O) groups is 1. The van der Waals surface area contributed by atoms with Crippen molar-refractivity contribution < 1.29 is 9.90 Å². The van der Waals surface area contributed by atoms with Crippen LogP contribution in [0.5, 0.6) is 0 Å². The first-order valence-electron chi connectivity index (χ1n) is 9.52. The van der Waals surface area contributed by atoms with Crippen molar-refractivity contribution in [1.29, 1.82) is 0 Å². The molecule has 2 aromatic carbocycles. The van der Waals surface area contributed by atoms with E-state index in [0.29, 0.717) is 25.3 Å². The van der Waals surface area contributed by atoms with Gasteiger partial charge >= 0.3 is 0 Å². The van der Waals surface area contributed by atoms with Crippen LogP contribution >= 0.6 is 0 Å². The van der Waals surface area contributed by atoms with Crippen molar-refractivity contribution >= 4 is 11.6 Å². The molecule has 1 amide bonds. The van der Waals surface area contributed by atoms with E-state index in [0.717, 1.165) is 17.8 Å². The minimum absolute atomic E-state index is 0.0760. The number of carbonyl (C=O) groups excluding carboxylic acids is 1. The third-order valence-corrected chi connectivity index (χ3v) is 5.15. The van der Waals surface area contributed by atoms with Gasteiger partial charge in [-0.2, -0.15) is 5.10 Å². The van der Waals surface area contributed by atoms with E-state index in [-0.39, 0.29) is 12.5 Å². The number of fused-ring (bicyclic) bond motifs is 1. The minimum Gasteiger partial charge on any atom is -0.395 e. The van der Waals surface area contributed by atoms with Crippen molar-refractivity contribution in [1.82, 2.24) is 15.1 Å². The number of aryl methyl sites for hydroxylation is 1. The number of amides is 1. The molecule has 1 aliphatic heterocycles. The van der Waals surface area contributed by atoms with Gasteiger partial charge in [0, 0.05) is 32.4 Å². The summed E-state index contributed by atoms with van der Waals surface area (Å²) in [5.41, 5.74) is 5.89. The highest BCUT2D eigenvalue weighted by Gasteiger charge is 2.29. The largest absolute Gasteiger partial charge is 0.395 e. The molecule has 0 unspecified atom stereocenters. The number of anilines is 1. The van der Waals surface area contributed by atoms with Crippen LogP contribution in [0, 0.1) is 0 Å². The molecule has 1 aliphatic rings. The van der Waals surface area contributed by atoms with E-state index in [2.05, 4.69) is 28.6 Å². The maximum atomic E-state index is 13.1. The van der Waals surface area contributed by atoms with Gasteiger partial charge in [0.05, 0.1) is 12.3 Å². The van der Waals surface area contributed by atoms with Gasteiger partial charge in [0.1, 0.15) is 0 Å². The fourth-order valence-corrected chi connectivity index (χ4v) is 3.74. The predicted molar refractivity (Wildman–Crippen MR) is 109 cm³/mol. The van der Waals surface area contributed by atoms with E-state index in [1.165, 1.54) is 16.7 Å². The number of nitrogens with zero attached hydrogens (tertiary/aromatic N) is 3. The smallest absolute Gasteiger partial charge is 0.278 e. The minimum atomic E-state index is -0.0760. The van der Waals surface area contributed by atoms with Crippen molar-refractivity contribution in [2.24, 2.45) is 7.05 Å². The van der Waals surface area contributed by atoms with Gasteiger partial charge in [0.15, 0.2) is 5.69 Å². The molecule has 2 N–H and O–H groups in total. The summed E-state index contributed by atoms with van der Waals surface area (Å²) in [7, 11) is 1.83. The zero-order valence-electron chi connectivity index (χ0n) is 15.9. The monoisotopic (exact) mass is 376 g/mol. The average molecular weight is 376 g/mol. The van der Waals surface area contributed by atoms with Crippen LogP contribution in [0.4, 0.5) is 5.69 Å². The van der Waals surface area contributed by atoms with Crippen LogP contribution in [-0.2, 0) is 20.0 Å². The summed E-state index contributed by atoms with van der Waals surface area (Å²) in [6.07, 6.45) is 0.837. The average Bonchev–Trinajstić information content (AvgIpc) is 3.32. The first-order valence-corrected chi connectivity index (χ1v) is 9.52. The molecule has 0 saturated heterocycles. The van der Waals surface area contributed by atoms with E-state index in [1.54, 1.807) is 4.68 Å². The second kappa shape index (κ2) is 7.96. The van der Waals surface area contributed by atoms with Gasteiger partial charge in [0.25, 0.3) is 5.91 Å². The summed E-state index contributed by atoms with van der Waals surface area (Å²) >= 11 is 0. The fraction of sp³-hybridized carbons (Fsp3) is 0.273. The van der Waals surface area contributed by atoms with Crippen molar-refractivity contribution in [3.05, 3.63) is 71.5 Å². The van der Waals surface area contributed by atoms with Crippen molar-refractivity contribution in [3.8, 4) is 11.1 Å². The SMILES string of the molecule is Cn1nc(C(=O)N2CCc3c(-c4ccccc4)cccc32)cc1CNCCO. The van der Waals surface area contributed by atoms with Gasteiger partial charge in [0.2, 0.25) is 0 Å². The fourth-order valence-electron chi connectivity index (χ4n) is 3.74. The van der Waals surface area contributed by atoms with Crippen LogP contribution in [0.3, 0.4) is 0 Å². The van der Waals surface area contributed by atoms with Crippen molar-refractivity contribution in [2.75, 3.05) is 24.6 Å². The molecule has 3 aromatic rings. The Hall–Kier alpha value is -2.96. The van der Waals surface area contributed by atoms with Crippen LogP contribution in [0.25, 0.3) is 11.1 Å². The number of benzene rings is 2. The topological polar surface area (TPSA) is 70.4 Å². The number of rotatable bonds is 6. The number of aromatic nitrogens is 2. The Bertz CT molecular complexity index is 981. The Morgan fingerprint density at radius 3 is 2.79 bits per heavy atom. The van der Waals surface area contributed by atoms with E-state index in [4.69, 9.17) is 5.11 Å². The molecule has 0 spiro atoms. The first kappa shape index (κ1) is 18.4. The summed E-state index contributed by atoms with van der Waals surface area (Å²) in [4.78, 5) is 15.0. The number of hydrogen-bond acceptors (Lipinski definition) is 4. The Morgan fingerprint density at radius 2 is 2.00 bits per heavy atom. The van der Waals surface area contributed by atoms with Crippen molar-refractivity contribution in [3.63, 3.8) is 0 Å². The molecule has 0 saturated carbocycles. The first-order chi connectivity index (χ1) is 13.7. The Balaban J connectivity index is 1.60. The van der Waals surface area contributed by atoms with Crippen LogP contribution in [0.1, 0.15) is 21.7 Å². The summed E-state index contributed by atoms with van der Waals surface area (Å²) in [5.74, 6) is -0.0760.